The average Bonchev–Trinajstić information content (AvgIpc) is 3.04. The summed E-state index contributed by atoms with van der Waals surface area (Å²) in [6, 6.07) is 5.09. The molecular weight excluding hydrogens is 346 g/mol. The van der Waals surface area contributed by atoms with E-state index in [0.29, 0.717) is 30.3 Å². The molecule has 1 aromatic heterocycles. The number of nitrogens with zero attached hydrogens (tertiary/aromatic N) is 3. The maximum absolute atomic E-state index is 12.1. The maximum Gasteiger partial charge on any atom is 0.319 e. The van der Waals surface area contributed by atoms with Crippen molar-refractivity contribution >= 4 is 11.7 Å². The number of carbonyl (C=O) groups excluding carboxylic acids is 1. The number of amides is 2. The molecule has 8 nitrogen and oxygen atoms in total. The molecule has 8 heteroatoms. The number of benzene rings is 1. The Morgan fingerprint density at radius 1 is 1.30 bits per heavy atom. The predicted molar refractivity (Wildman–Crippen MR) is 106 cm³/mol. The predicted octanol–water partition coefficient (Wildman–Crippen LogP) is 2.35. The van der Waals surface area contributed by atoms with Crippen molar-refractivity contribution < 1.29 is 14.3 Å². The number of aryl methyl sites for hydroxylation is 2. The van der Waals surface area contributed by atoms with Gasteiger partial charge in [0.15, 0.2) is 11.5 Å². The Balaban J connectivity index is 1.78. The third-order valence-corrected chi connectivity index (χ3v) is 4.00. The minimum absolute atomic E-state index is 0.249. The fraction of sp³-hybridized carbons (Fsp3) is 0.474. The van der Waals surface area contributed by atoms with Crippen LogP contribution >= 0.6 is 0 Å². The summed E-state index contributed by atoms with van der Waals surface area (Å²) in [5.74, 6) is 1.24. The van der Waals surface area contributed by atoms with Crippen LogP contribution in [0, 0.1) is 6.92 Å². The first kappa shape index (κ1) is 20.6. The normalized spacial score (nSPS) is 10.7. The van der Waals surface area contributed by atoms with Crippen molar-refractivity contribution in [3.8, 4) is 11.5 Å². The Hall–Kier alpha value is -2.74. The first-order valence-electron chi connectivity index (χ1n) is 8.96. The van der Waals surface area contributed by atoms with Crippen LogP contribution in [0.15, 0.2) is 30.7 Å². The lowest BCUT2D eigenvalue weighted by molar-refractivity contribution is 0.250. The van der Waals surface area contributed by atoms with E-state index in [2.05, 4.69) is 20.2 Å². The van der Waals surface area contributed by atoms with E-state index in [9.17, 15) is 4.79 Å². The fourth-order valence-electron chi connectivity index (χ4n) is 2.45. The van der Waals surface area contributed by atoms with Crippen molar-refractivity contribution in [2.45, 2.75) is 19.9 Å². The van der Waals surface area contributed by atoms with Gasteiger partial charge in [0.25, 0.3) is 0 Å². The molecule has 27 heavy (non-hydrogen) atoms. The van der Waals surface area contributed by atoms with Crippen molar-refractivity contribution in [2.75, 3.05) is 46.2 Å². The van der Waals surface area contributed by atoms with Gasteiger partial charge in [-0.15, -0.1) is 0 Å². The molecule has 1 heterocycles. The van der Waals surface area contributed by atoms with Crippen molar-refractivity contribution in [2.24, 2.45) is 0 Å². The molecule has 0 bridgehead atoms. The second-order valence-corrected chi connectivity index (χ2v) is 6.48. The minimum Gasteiger partial charge on any atom is -0.493 e. The largest absolute Gasteiger partial charge is 0.493 e. The molecule has 0 aliphatic rings. The molecule has 2 N–H and O–H groups in total. The number of hydrogen-bond acceptors (Lipinski definition) is 5. The maximum atomic E-state index is 12.1. The van der Waals surface area contributed by atoms with Gasteiger partial charge in [0.05, 0.1) is 13.4 Å². The van der Waals surface area contributed by atoms with Gasteiger partial charge in [-0.3, -0.25) is 0 Å². The molecular formula is C19H29N5O3. The fourth-order valence-corrected chi connectivity index (χ4v) is 2.45. The van der Waals surface area contributed by atoms with Crippen LogP contribution in [0.25, 0.3) is 0 Å². The minimum atomic E-state index is -0.249. The number of anilines is 1. The molecule has 0 saturated carbocycles. The Labute approximate surface area is 160 Å². The highest BCUT2D eigenvalue weighted by atomic mass is 16.5. The summed E-state index contributed by atoms with van der Waals surface area (Å²) < 4.78 is 13.1. The monoisotopic (exact) mass is 375 g/mol. The quantitative estimate of drug-likeness (QED) is 0.623. The summed E-state index contributed by atoms with van der Waals surface area (Å²) in [5.41, 5.74) is 1.76. The second kappa shape index (κ2) is 10.4. The van der Waals surface area contributed by atoms with Crippen LogP contribution < -0.4 is 20.1 Å². The first-order valence-corrected chi connectivity index (χ1v) is 8.96. The van der Waals surface area contributed by atoms with Gasteiger partial charge < -0.3 is 29.6 Å². The van der Waals surface area contributed by atoms with E-state index in [1.54, 1.807) is 31.6 Å². The third kappa shape index (κ3) is 6.82. The number of rotatable bonds is 10. The molecule has 2 amide bonds. The molecule has 0 atom stereocenters. The molecule has 2 aromatic rings. The van der Waals surface area contributed by atoms with Crippen LogP contribution in [0.2, 0.25) is 0 Å². The summed E-state index contributed by atoms with van der Waals surface area (Å²) in [6.07, 6.45) is 4.44. The van der Waals surface area contributed by atoms with Gasteiger partial charge >= 0.3 is 6.03 Å². The Morgan fingerprint density at radius 3 is 2.78 bits per heavy atom. The number of hydrogen-bond donors (Lipinski definition) is 2. The first-order chi connectivity index (χ1) is 13.0. The number of carbonyl (C=O) groups is 1. The summed E-state index contributed by atoms with van der Waals surface area (Å²) in [4.78, 5) is 18.2. The van der Waals surface area contributed by atoms with Gasteiger partial charge in [0, 0.05) is 43.3 Å². The van der Waals surface area contributed by atoms with E-state index in [0.717, 1.165) is 25.2 Å². The van der Waals surface area contributed by atoms with E-state index in [1.165, 1.54) is 0 Å². The van der Waals surface area contributed by atoms with Crippen molar-refractivity contribution in [1.82, 2.24) is 19.8 Å². The Morgan fingerprint density at radius 2 is 2.11 bits per heavy atom. The standard InChI is InChI=1S/C19H29N5O3/c1-15-13-20-14-24(15)9-5-8-21-19(25)22-16-6-7-17(18(12-16)26-4)27-11-10-23(2)3/h6-7,12-14H,5,8-11H2,1-4H3,(H2,21,22,25). The smallest absolute Gasteiger partial charge is 0.319 e. The lowest BCUT2D eigenvalue weighted by Gasteiger charge is -2.15. The third-order valence-electron chi connectivity index (χ3n) is 4.00. The molecule has 0 aliphatic heterocycles. The van der Waals surface area contributed by atoms with E-state index < -0.39 is 0 Å². The zero-order valence-electron chi connectivity index (χ0n) is 16.5. The van der Waals surface area contributed by atoms with E-state index in [-0.39, 0.29) is 6.03 Å². The van der Waals surface area contributed by atoms with Gasteiger partial charge in [-0.05, 0) is 39.6 Å². The number of urea groups is 1. The summed E-state index contributed by atoms with van der Waals surface area (Å²) in [6.45, 7) is 4.77. The lowest BCUT2D eigenvalue weighted by atomic mass is 10.2. The molecule has 2 rings (SSSR count). The molecule has 0 saturated heterocycles. The number of aromatic nitrogens is 2. The number of imidazole rings is 1. The van der Waals surface area contributed by atoms with Crippen LogP contribution in [0.4, 0.5) is 10.5 Å². The Bertz CT molecular complexity index is 730. The molecule has 0 radical (unpaired) electrons. The number of nitrogens with one attached hydrogen (secondary N) is 2. The Kier molecular flexibility index (Phi) is 7.94. The highest BCUT2D eigenvalue weighted by Crippen LogP contribution is 2.30. The van der Waals surface area contributed by atoms with Gasteiger partial charge in [0.1, 0.15) is 6.61 Å². The van der Waals surface area contributed by atoms with Gasteiger partial charge in [-0.25, -0.2) is 9.78 Å². The SMILES string of the molecule is COc1cc(NC(=O)NCCCn2cncc2C)ccc1OCCN(C)C. The lowest BCUT2D eigenvalue weighted by Crippen LogP contribution is -2.30. The van der Waals surface area contributed by atoms with Crippen molar-refractivity contribution in [1.29, 1.82) is 0 Å². The van der Waals surface area contributed by atoms with E-state index in [1.807, 2.05) is 32.1 Å². The van der Waals surface area contributed by atoms with Crippen LogP contribution in [0.1, 0.15) is 12.1 Å². The second-order valence-electron chi connectivity index (χ2n) is 6.48. The number of ether oxygens (including phenoxy) is 2. The van der Waals surface area contributed by atoms with Crippen LogP contribution in [0.5, 0.6) is 11.5 Å². The molecule has 0 aliphatic carbocycles. The van der Waals surface area contributed by atoms with E-state index in [4.69, 9.17) is 9.47 Å². The van der Waals surface area contributed by atoms with Crippen molar-refractivity contribution in [3.63, 3.8) is 0 Å². The number of likely N-dealkylation sites (N-methyl/N-ethyl adjacent to an activating group) is 1. The van der Waals surface area contributed by atoms with Gasteiger partial charge in [0.2, 0.25) is 0 Å². The van der Waals surface area contributed by atoms with Crippen LogP contribution in [-0.2, 0) is 6.54 Å². The van der Waals surface area contributed by atoms with Crippen LogP contribution in [-0.4, -0.2) is 61.4 Å². The summed E-state index contributed by atoms with van der Waals surface area (Å²) >= 11 is 0. The van der Waals surface area contributed by atoms with Gasteiger partial charge in [-0.2, -0.15) is 0 Å². The van der Waals surface area contributed by atoms with Crippen LogP contribution in [0.3, 0.4) is 0 Å². The zero-order chi connectivity index (χ0) is 19.6. The zero-order valence-corrected chi connectivity index (χ0v) is 16.5. The van der Waals surface area contributed by atoms with Gasteiger partial charge in [-0.1, -0.05) is 0 Å². The highest BCUT2D eigenvalue weighted by molar-refractivity contribution is 5.89. The summed E-state index contributed by atoms with van der Waals surface area (Å²) in [5, 5.41) is 5.66. The molecule has 0 unspecified atom stereocenters. The average molecular weight is 375 g/mol. The molecule has 148 valence electrons. The topological polar surface area (TPSA) is 80.7 Å². The van der Waals surface area contributed by atoms with Crippen molar-refractivity contribution in [3.05, 3.63) is 36.4 Å². The molecule has 0 fully saturated rings. The summed E-state index contributed by atoms with van der Waals surface area (Å²) in [7, 11) is 5.56. The number of methoxy groups -OCH3 is 1. The highest BCUT2D eigenvalue weighted by Gasteiger charge is 2.08. The van der Waals surface area contributed by atoms with E-state index >= 15 is 0 Å². The molecule has 0 spiro atoms. The molecule has 1 aromatic carbocycles.